The molecule has 0 radical (unpaired) electrons. The van der Waals surface area contributed by atoms with Gasteiger partial charge in [0, 0.05) is 24.3 Å². The Morgan fingerprint density at radius 3 is 2.80 bits per heavy atom. The molecule has 0 aliphatic heterocycles. The van der Waals surface area contributed by atoms with Crippen LogP contribution in [0.5, 0.6) is 0 Å². The first-order chi connectivity index (χ1) is 9.81. The van der Waals surface area contributed by atoms with E-state index in [-0.39, 0.29) is 6.10 Å². The van der Waals surface area contributed by atoms with Gasteiger partial charge in [-0.2, -0.15) is 0 Å². The van der Waals surface area contributed by atoms with E-state index < -0.39 is 0 Å². The van der Waals surface area contributed by atoms with Crippen molar-refractivity contribution in [1.29, 1.82) is 0 Å². The molecule has 1 aliphatic carbocycles. The number of rotatable bonds is 4. The molecular formula is C17H22N2O. The van der Waals surface area contributed by atoms with Gasteiger partial charge in [-0.25, -0.2) is 0 Å². The van der Waals surface area contributed by atoms with Crippen LogP contribution in [0, 0.1) is 5.92 Å². The Labute approximate surface area is 120 Å². The molecule has 1 aromatic heterocycles. The van der Waals surface area contributed by atoms with E-state index in [4.69, 9.17) is 0 Å². The van der Waals surface area contributed by atoms with Gasteiger partial charge >= 0.3 is 0 Å². The summed E-state index contributed by atoms with van der Waals surface area (Å²) in [6.45, 7) is 1.97. The number of aromatic nitrogens is 1. The van der Waals surface area contributed by atoms with Crippen LogP contribution in [0.1, 0.15) is 31.2 Å². The van der Waals surface area contributed by atoms with Gasteiger partial charge in [-0.3, -0.25) is 4.98 Å². The van der Waals surface area contributed by atoms with Crippen molar-refractivity contribution in [3.8, 4) is 0 Å². The molecule has 3 nitrogen and oxygen atoms in total. The van der Waals surface area contributed by atoms with Crippen molar-refractivity contribution in [2.75, 3.05) is 6.54 Å². The number of benzene rings is 1. The lowest BCUT2D eigenvalue weighted by molar-refractivity contribution is 0.108. The molecule has 0 bridgehead atoms. The third-order valence-corrected chi connectivity index (χ3v) is 4.28. The summed E-state index contributed by atoms with van der Waals surface area (Å²) in [4.78, 5) is 4.14. The monoisotopic (exact) mass is 270 g/mol. The first kappa shape index (κ1) is 13.5. The zero-order valence-corrected chi connectivity index (χ0v) is 11.8. The van der Waals surface area contributed by atoms with Crippen LogP contribution in [0.3, 0.4) is 0 Å². The number of nitrogens with zero attached hydrogens (tertiary/aromatic N) is 1. The molecule has 1 saturated carbocycles. The molecule has 0 amide bonds. The zero-order chi connectivity index (χ0) is 13.8. The van der Waals surface area contributed by atoms with E-state index >= 15 is 0 Å². The highest BCUT2D eigenvalue weighted by atomic mass is 16.3. The number of fused-ring (bicyclic) bond motifs is 1. The molecule has 0 spiro atoms. The van der Waals surface area contributed by atoms with E-state index in [0.29, 0.717) is 0 Å². The van der Waals surface area contributed by atoms with E-state index in [0.717, 1.165) is 44.7 Å². The molecule has 3 rings (SSSR count). The Morgan fingerprint density at radius 2 is 1.95 bits per heavy atom. The van der Waals surface area contributed by atoms with Gasteiger partial charge in [0.05, 0.1) is 6.10 Å². The van der Waals surface area contributed by atoms with Crippen LogP contribution in [0.15, 0.2) is 36.7 Å². The second-order valence-electron chi connectivity index (χ2n) is 5.86. The van der Waals surface area contributed by atoms with Crippen molar-refractivity contribution in [2.24, 2.45) is 5.92 Å². The van der Waals surface area contributed by atoms with Crippen LogP contribution in [0.25, 0.3) is 10.8 Å². The van der Waals surface area contributed by atoms with Gasteiger partial charge in [0.15, 0.2) is 0 Å². The predicted octanol–water partition coefficient (Wildman–Crippen LogP) is 2.88. The van der Waals surface area contributed by atoms with Gasteiger partial charge in [-0.1, -0.05) is 12.1 Å². The third kappa shape index (κ3) is 3.35. The maximum absolute atomic E-state index is 9.51. The van der Waals surface area contributed by atoms with Crippen molar-refractivity contribution in [3.63, 3.8) is 0 Å². The molecular weight excluding hydrogens is 248 g/mol. The molecule has 1 fully saturated rings. The van der Waals surface area contributed by atoms with Crippen LogP contribution in [-0.2, 0) is 6.54 Å². The SMILES string of the molecule is OC1CCC(CNCc2ccc3cnccc3c2)CC1. The number of pyridine rings is 1. The molecule has 106 valence electrons. The average molecular weight is 270 g/mol. The Morgan fingerprint density at radius 1 is 1.10 bits per heavy atom. The first-order valence-electron chi connectivity index (χ1n) is 7.53. The molecule has 2 N–H and O–H groups in total. The Hall–Kier alpha value is -1.45. The fourth-order valence-corrected chi connectivity index (χ4v) is 3.01. The molecule has 0 unspecified atom stereocenters. The lowest BCUT2D eigenvalue weighted by atomic mass is 9.87. The highest BCUT2D eigenvalue weighted by molar-refractivity contribution is 5.81. The quantitative estimate of drug-likeness (QED) is 0.898. The maximum atomic E-state index is 9.51. The summed E-state index contributed by atoms with van der Waals surface area (Å²) in [5.41, 5.74) is 1.32. The highest BCUT2D eigenvalue weighted by Gasteiger charge is 2.18. The van der Waals surface area contributed by atoms with Gasteiger partial charge in [0.2, 0.25) is 0 Å². The van der Waals surface area contributed by atoms with E-state index in [1.54, 1.807) is 0 Å². The summed E-state index contributed by atoms with van der Waals surface area (Å²) in [6.07, 6.45) is 7.92. The molecule has 0 atom stereocenters. The highest BCUT2D eigenvalue weighted by Crippen LogP contribution is 2.23. The van der Waals surface area contributed by atoms with Crippen LogP contribution < -0.4 is 5.32 Å². The number of aliphatic hydroxyl groups excluding tert-OH is 1. The van der Waals surface area contributed by atoms with Crippen molar-refractivity contribution in [3.05, 3.63) is 42.2 Å². The number of hydrogen-bond acceptors (Lipinski definition) is 3. The van der Waals surface area contributed by atoms with Gasteiger partial charge < -0.3 is 10.4 Å². The Balaban J connectivity index is 1.52. The van der Waals surface area contributed by atoms with E-state index in [9.17, 15) is 5.11 Å². The Bertz CT molecular complexity index is 562. The Kier molecular flexibility index (Phi) is 4.28. The van der Waals surface area contributed by atoms with Gasteiger partial charge in [0.1, 0.15) is 0 Å². The van der Waals surface area contributed by atoms with Gasteiger partial charge in [-0.05, 0) is 61.2 Å². The lowest BCUT2D eigenvalue weighted by Gasteiger charge is -2.25. The fraction of sp³-hybridized carbons (Fsp3) is 0.471. The van der Waals surface area contributed by atoms with Crippen molar-refractivity contribution >= 4 is 10.8 Å². The molecule has 1 aliphatic rings. The van der Waals surface area contributed by atoms with E-state index in [1.165, 1.54) is 16.3 Å². The average Bonchev–Trinajstić information content (AvgIpc) is 2.49. The van der Waals surface area contributed by atoms with Crippen LogP contribution in [0.4, 0.5) is 0 Å². The molecule has 3 heteroatoms. The number of hydrogen-bond donors (Lipinski definition) is 2. The molecule has 0 saturated heterocycles. The molecule has 1 heterocycles. The number of nitrogens with one attached hydrogen (secondary N) is 1. The van der Waals surface area contributed by atoms with Crippen LogP contribution in [-0.4, -0.2) is 22.7 Å². The molecule has 20 heavy (non-hydrogen) atoms. The standard InChI is InChI=1S/C17H22N2O/c20-17-5-2-13(3-6-17)10-19-11-14-1-4-16-12-18-8-7-15(16)9-14/h1,4,7-9,12-13,17,19-20H,2-3,5-6,10-11H2. The van der Waals surface area contributed by atoms with Crippen molar-refractivity contribution in [2.45, 2.75) is 38.3 Å². The first-order valence-corrected chi connectivity index (χ1v) is 7.53. The number of aliphatic hydroxyl groups is 1. The summed E-state index contributed by atoms with van der Waals surface area (Å²) in [7, 11) is 0. The minimum absolute atomic E-state index is 0.0552. The molecule has 2 aromatic rings. The minimum atomic E-state index is -0.0552. The van der Waals surface area contributed by atoms with Gasteiger partial charge in [-0.15, -0.1) is 0 Å². The summed E-state index contributed by atoms with van der Waals surface area (Å²) < 4.78 is 0. The van der Waals surface area contributed by atoms with Gasteiger partial charge in [0.25, 0.3) is 0 Å². The summed E-state index contributed by atoms with van der Waals surface area (Å²) in [5, 5.41) is 15.5. The van der Waals surface area contributed by atoms with Crippen LogP contribution in [0.2, 0.25) is 0 Å². The predicted molar refractivity (Wildman–Crippen MR) is 81.4 cm³/mol. The summed E-state index contributed by atoms with van der Waals surface area (Å²) in [5.74, 6) is 0.725. The second kappa shape index (κ2) is 6.33. The lowest BCUT2D eigenvalue weighted by Crippen LogP contribution is -2.27. The largest absolute Gasteiger partial charge is 0.393 e. The van der Waals surface area contributed by atoms with E-state index in [1.807, 2.05) is 12.4 Å². The summed E-state index contributed by atoms with van der Waals surface area (Å²) >= 11 is 0. The van der Waals surface area contributed by atoms with E-state index in [2.05, 4.69) is 34.6 Å². The van der Waals surface area contributed by atoms with Crippen molar-refractivity contribution < 1.29 is 5.11 Å². The third-order valence-electron chi connectivity index (χ3n) is 4.28. The normalized spacial score (nSPS) is 23.1. The zero-order valence-electron chi connectivity index (χ0n) is 11.8. The van der Waals surface area contributed by atoms with Crippen LogP contribution >= 0.6 is 0 Å². The second-order valence-corrected chi connectivity index (χ2v) is 5.86. The summed E-state index contributed by atoms with van der Waals surface area (Å²) in [6, 6.07) is 8.59. The topological polar surface area (TPSA) is 45.1 Å². The fourth-order valence-electron chi connectivity index (χ4n) is 3.01. The molecule has 1 aromatic carbocycles. The maximum Gasteiger partial charge on any atom is 0.0540 e. The van der Waals surface area contributed by atoms with Crippen molar-refractivity contribution in [1.82, 2.24) is 10.3 Å². The minimum Gasteiger partial charge on any atom is -0.393 e. The smallest absolute Gasteiger partial charge is 0.0540 e.